The van der Waals surface area contributed by atoms with Crippen molar-refractivity contribution < 1.29 is 27.5 Å². The largest absolute Gasteiger partial charge is 0.415 e. The fourth-order valence-electron chi connectivity index (χ4n) is 2.82. The molecule has 2 amide bonds. The number of rotatable bonds is 3. The highest BCUT2D eigenvalue weighted by Crippen LogP contribution is 2.18. The second-order valence-electron chi connectivity index (χ2n) is 6.14. The molecule has 1 saturated heterocycles. The molecule has 5 nitrogen and oxygen atoms in total. The second kappa shape index (κ2) is 8.11. The molecule has 0 unspecified atom stereocenters. The molecule has 142 valence electrons. The minimum absolute atomic E-state index is 0.314. The maximum atomic E-state index is 13.7. The molecule has 1 heterocycles. The molecule has 3 rings (SSSR count). The van der Waals surface area contributed by atoms with Crippen LogP contribution in [0.15, 0.2) is 42.5 Å². The summed E-state index contributed by atoms with van der Waals surface area (Å²) in [4.78, 5) is 25.7. The van der Waals surface area contributed by atoms with Gasteiger partial charge in [0.05, 0.1) is 5.56 Å². The molecule has 0 spiro atoms. The minimum Gasteiger partial charge on any atom is -0.410 e. The number of halogens is 3. The summed E-state index contributed by atoms with van der Waals surface area (Å²) in [6, 6.07) is 9.93. The van der Waals surface area contributed by atoms with E-state index >= 15 is 0 Å². The molecule has 2 aromatic rings. The smallest absolute Gasteiger partial charge is 0.410 e. The van der Waals surface area contributed by atoms with Gasteiger partial charge in [-0.05, 0) is 37.1 Å². The standard InChI is InChI=1S/C19H17F3N2O3/c20-15-7-6-14(16(21)17(15)22)18(25)23-12-8-10-24(11-9-12)19(26)27-13-4-2-1-3-5-13/h1-7,12H,8-11H2,(H,23,25). The highest BCUT2D eigenvalue weighted by molar-refractivity contribution is 5.94. The first kappa shape index (κ1) is 18.8. The molecule has 1 aliphatic heterocycles. The summed E-state index contributed by atoms with van der Waals surface area (Å²) in [5.74, 6) is -4.93. The SMILES string of the molecule is O=C(NC1CCN(C(=O)Oc2ccccc2)CC1)c1ccc(F)c(F)c1F. The van der Waals surface area contributed by atoms with Gasteiger partial charge < -0.3 is 15.0 Å². The van der Waals surface area contributed by atoms with Crippen molar-refractivity contribution in [2.75, 3.05) is 13.1 Å². The zero-order valence-electron chi connectivity index (χ0n) is 14.3. The number of benzene rings is 2. The van der Waals surface area contributed by atoms with Gasteiger partial charge in [0.2, 0.25) is 0 Å². The number of piperidine rings is 1. The van der Waals surface area contributed by atoms with Gasteiger partial charge in [-0.1, -0.05) is 18.2 Å². The quantitative estimate of drug-likeness (QED) is 0.832. The van der Waals surface area contributed by atoms with Gasteiger partial charge in [0, 0.05) is 19.1 Å². The summed E-state index contributed by atoms with van der Waals surface area (Å²) < 4.78 is 45.2. The van der Waals surface area contributed by atoms with E-state index in [9.17, 15) is 22.8 Å². The van der Waals surface area contributed by atoms with Gasteiger partial charge >= 0.3 is 6.09 Å². The molecule has 8 heteroatoms. The molecule has 0 bridgehead atoms. The third-order valence-corrected chi connectivity index (χ3v) is 4.32. The summed E-state index contributed by atoms with van der Waals surface area (Å²) in [7, 11) is 0. The van der Waals surface area contributed by atoms with Crippen molar-refractivity contribution in [1.29, 1.82) is 0 Å². The highest BCUT2D eigenvalue weighted by Gasteiger charge is 2.27. The molecule has 27 heavy (non-hydrogen) atoms. The molecular weight excluding hydrogens is 361 g/mol. The van der Waals surface area contributed by atoms with Gasteiger partial charge in [0.1, 0.15) is 5.75 Å². The fraction of sp³-hybridized carbons (Fsp3) is 0.263. The number of nitrogens with one attached hydrogen (secondary N) is 1. The average molecular weight is 378 g/mol. The van der Waals surface area contributed by atoms with Crippen LogP contribution in [0, 0.1) is 17.5 Å². The lowest BCUT2D eigenvalue weighted by molar-refractivity contribution is 0.0904. The molecule has 2 aromatic carbocycles. The number of amides is 2. The molecule has 0 saturated carbocycles. The van der Waals surface area contributed by atoms with Crippen LogP contribution in [0.2, 0.25) is 0 Å². The topological polar surface area (TPSA) is 58.6 Å². The van der Waals surface area contributed by atoms with Gasteiger partial charge in [-0.3, -0.25) is 4.79 Å². The Bertz CT molecular complexity index is 838. The van der Waals surface area contributed by atoms with E-state index in [1.54, 1.807) is 30.3 Å². The van der Waals surface area contributed by atoms with Crippen LogP contribution >= 0.6 is 0 Å². The van der Waals surface area contributed by atoms with Crippen LogP contribution in [-0.4, -0.2) is 36.0 Å². The third kappa shape index (κ3) is 4.39. The van der Waals surface area contributed by atoms with Crippen LogP contribution in [0.1, 0.15) is 23.2 Å². The lowest BCUT2D eigenvalue weighted by Gasteiger charge is -2.31. The highest BCUT2D eigenvalue weighted by atomic mass is 19.2. The first-order valence-electron chi connectivity index (χ1n) is 8.42. The Balaban J connectivity index is 1.53. The molecule has 1 fully saturated rings. The Morgan fingerprint density at radius 1 is 0.963 bits per heavy atom. The van der Waals surface area contributed by atoms with Crippen LogP contribution in [0.3, 0.4) is 0 Å². The maximum Gasteiger partial charge on any atom is 0.415 e. The van der Waals surface area contributed by atoms with Crippen LogP contribution < -0.4 is 10.1 Å². The van der Waals surface area contributed by atoms with Crippen LogP contribution in [-0.2, 0) is 0 Å². The van der Waals surface area contributed by atoms with Crippen molar-refractivity contribution in [3.63, 3.8) is 0 Å². The molecule has 1 aliphatic rings. The third-order valence-electron chi connectivity index (χ3n) is 4.32. The van der Waals surface area contributed by atoms with Gasteiger partial charge in [0.15, 0.2) is 17.5 Å². The number of ether oxygens (including phenoxy) is 1. The number of carbonyl (C=O) groups excluding carboxylic acids is 2. The van der Waals surface area contributed by atoms with Gasteiger partial charge in [-0.25, -0.2) is 18.0 Å². The van der Waals surface area contributed by atoms with Crippen LogP contribution in [0.5, 0.6) is 5.75 Å². The van der Waals surface area contributed by atoms with Crippen LogP contribution in [0.25, 0.3) is 0 Å². The predicted molar refractivity (Wildman–Crippen MR) is 90.8 cm³/mol. The number of likely N-dealkylation sites (tertiary alicyclic amines) is 1. The normalized spacial score (nSPS) is 14.7. The van der Waals surface area contributed by atoms with Gasteiger partial charge in [-0.2, -0.15) is 0 Å². The van der Waals surface area contributed by atoms with Gasteiger partial charge in [0.25, 0.3) is 5.91 Å². The van der Waals surface area contributed by atoms with E-state index in [4.69, 9.17) is 4.74 Å². The lowest BCUT2D eigenvalue weighted by Crippen LogP contribution is -2.47. The lowest BCUT2D eigenvalue weighted by atomic mass is 10.0. The van der Waals surface area contributed by atoms with Crippen molar-refractivity contribution in [2.24, 2.45) is 0 Å². The summed E-state index contributed by atoms with van der Waals surface area (Å²) in [5.41, 5.74) is -0.556. The summed E-state index contributed by atoms with van der Waals surface area (Å²) >= 11 is 0. The monoisotopic (exact) mass is 378 g/mol. The number of carbonyl (C=O) groups is 2. The zero-order chi connectivity index (χ0) is 19.4. The molecule has 0 aliphatic carbocycles. The van der Waals surface area contributed by atoms with E-state index in [2.05, 4.69) is 5.32 Å². The van der Waals surface area contributed by atoms with E-state index in [1.165, 1.54) is 4.90 Å². The Morgan fingerprint density at radius 3 is 2.30 bits per heavy atom. The first-order chi connectivity index (χ1) is 13.0. The molecule has 0 atom stereocenters. The molecule has 0 radical (unpaired) electrons. The predicted octanol–water partition coefficient (Wildman–Crippen LogP) is 3.50. The van der Waals surface area contributed by atoms with Crippen molar-refractivity contribution in [2.45, 2.75) is 18.9 Å². The average Bonchev–Trinajstić information content (AvgIpc) is 2.67. The van der Waals surface area contributed by atoms with E-state index < -0.39 is 35.0 Å². The van der Waals surface area contributed by atoms with Crippen molar-refractivity contribution in [3.8, 4) is 5.75 Å². The fourth-order valence-corrected chi connectivity index (χ4v) is 2.82. The van der Waals surface area contributed by atoms with Crippen molar-refractivity contribution in [3.05, 3.63) is 65.5 Å². The van der Waals surface area contributed by atoms with Crippen LogP contribution in [0.4, 0.5) is 18.0 Å². The second-order valence-corrected chi connectivity index (χ2v) is 6.14. The first-order valence-corrected chi connectivity index (χ1v) is 8.42. The Kier molecular flexibility index (Phi) is 5.63. The number of nitrogens with zero attached hydrogens (tertiary/aromatic N) is 1. The molecule has 0 aromatic heterocycles. The van der Waals surface area contributed by atoms with E-state index in [-0.39, 0.29) is 6.04 Å². The Morgan fingerprint density at radius 2 is 1.63 bits per heavy atom. The molecular formula is C19H17F3N2O3. The number of hydrogen-bond donors (Lipinski definition) is 1. The van der Waals surface area contributed by atoms with E-state index in [0.29, 0.717) is 37.7 Å². The van der Waals surface area contributed by atoms with Gasteiger partial charge in [-0.15, -0.1) is 0 Å². The minimum atomic E-state index is -1.68. The van der Waals surface area contributed by atoms with E-state index in [1.807, 2.05) is 0 Å². The summed E-state index contributed by atoms with van der Waals surface area (Å²) in [6.45, 7) is 0.688. The van der Waals surface area contributed by atoms with E-state index in [0.717, 1.165) is 6.07 Å². The summed E-state index contributed by atoms with van der Waals surface area (Å²) in [6.07, 6.45) is 0.375. The maximum absolute atomic E-state index is 13.7. The summed E-state index contributed by atoms with van der Waals surface area (Å²) in [5, 5.41) is 2.59. The number of hydrogen-bond acceptors (Lipinski definition) is 3. The van der Waals surface area contributed by atoms with Crippen molar-refractivity contribution in [1.82, 2.24) is 10.2 Å². The van der Waals surface area contributed by atoms with Crippen molar-refractivity contribution >= 4 is 12.0 Å². The zero-order valence-corrected chi connectivity index (χ0v) is 14.3. The molecule has 1 N–H and O–H groups in total. The Hall–Kier alpha value is -3.03. The number of para-hydroxylation sites is 1. The Labute approximate surface area is 153 Å².